The van der Waals surface area contributed by atoms with Crippen molar-refractivity contribution in [3.05, 3.63) is 81.8 Å². The molecule has 0 bridgehead atoms. The van der Waals surface area contributed by atoms with Crippen LogP contribution in [0.1, 0.15) is 33.5 Å². The highest BCUT2D eigenvalue weighted by molar-refractivity contribution is 7.09. The zero-order valence-electron chi connectivity index (χ0n) is 13.5. The van der Waals surface area contributed by atoms with Crippen molar-refractivity contribution in [3.8, 4) is 0 Å². The summed E-state index contributed by atoms with van der Waals surface area (Å²) < 4.78 is 0. The van der Waals surface area contributed by atoms with Crippen LogP contribution >= 0.6 is 11.3 Å². The summed E-state index contributed by atoms with van der Waals surface area (Å²) in [5, 5.41) is 2.86. The normalized spacial score (nSPS) is 16.2. The minimum atomic E-state index is 0.00279. The van der Waals surface area contributed by atoms with Crippen LogP contribution in [-0.4, -0.2) is 16.9 Å². The molecular formula is C20H18N2OS. The molecule has 120 valence electrons. The monoisotopic (exact) mass is 334 g/mol. The van der Waals surface area contributed by atoms with E-state index in [-0.39, 0.29) is 11.9 Å². The zero-order chi connectivity index (χ0) is 16.5. The van der Waals surface area contributed by atoms with Gasteiger partial charge in [-0.3, -0.25) is 4.79 Å². The Kier molecular flexibility index (Phi) is 3.90. The Hall–Kier alpha value is -2.46. The molecule has 1 amide bonds. The summed E-state index contributed by atoms with van der Waals surface area (Å²) in [4.78, 5) is 19.4. The van der Waals surface area contributed by atoms with Gasteiger partial charge in [-0.15, -0.1) is 11.3 Å². The number of aromatic nitrogens is 1. The van der Waals surface area contributed by atoms with Gasteiger partial charge in [0, 0.05) is 23.5 Å². The summed E-state index contributed by atoms with van der Waals surface area (Å²) in [5.41, 5.74) is 4.02. The second kappa shape index (κ2) is 6.21. The van der Waals surface area contributed by atoms with Gasteiger partial charge >= 0.3 is 0 Å². The molecule has 1 aliphatic heterocycles. The second-order valence-electron chi connectivity index (χ2n) is 6.15. The standard InChI is InChI=1S/C20H18N2OS/c1-14-11-16-9-5-6-10-18(16)22(14)20(23)17-13-24-19(21-17)12-15-7-3-2-4-8-15/h2-10,13-14H,11-12H2,1H3/t14-/m0/s1. The molecule has 0 N–H and O–H groups in total. The van der Waals surface area contributed by atoms with Crippen LogP contribution in [0.25, 0.3) is 0 Å². The highest BCUT2D eigenvalue weighted by Gasteiger charge is 2.32. The van der Waals surface area contributed by atoms with Gasteiger partial charge in [0.05, 0.1) is 5.01 Å². The summed E-state index contributed by atoms with van der Waals surface area (Å²) in [6.45, 7) is 2.09. The van der Waals surface area contributed by atoms with Crippen molar-refractivity contribution in [1.29, 1.82) is 0 Å². The van der Waals surface area contributed by atoms with Crippen molar-refractivity contribution >= 4 is 22.9 Å². The summed E-state index contributed by atoms with van der Waals surface area (Å²) in [5.74, 6) is 0.00279. The molecule has 2 aromatic carbocycles. The quantitative estimate of drug-likeness (QED) is 0.714. The topological polar surface area (TPSA) is 33.2 Å². The van der Waals surface area contributed by atoms with Crippen molar-refractivity contribution in [2.45, 2.75) is 25.8 Å². The molecule has 1 aliphatic rings. The Balaban J connectivity index is 1.58. The van der Waals surface area contributed by atoms with Gasteiger partial charge < -0.3 is 4.90 Å². The Morgan fingerprint density at radius 1 is 1.17 bits per heavy atom. The fourth-order valence-corrected chi connectivity index (χ4v) is 4.06. The van der Waals surface area contributed by atoms with E-state index in [2.05, 4.69) is 30.1 Å². The summed E-state index contributed by atoms with van der Waals surface area (Å²) >= 11 is 1.56. The summed E-state index contributed by atoms with van der Waals surface area (Å²) in [6.07, 6.45) is 1.67. The Morgan fingerprint density at radius 2 is 1.92 bits per heavy atom. The number of carbonyl (C=O) groups excluding carboxylic acids is 1. The van der Waals surface area contributed by atoms with E-state index in [0.717, 1.165) is 23.5 Å². The van der Waals surface area contributed by atoms with Gasteiger partial charge in [0.2, 0.25) is 0 Å². The Morgan fingerprint density at radius 3 is 2.75 bits per heavy atom. The van der Waals surface area contributed by atoms with Crippen LogP contribution in [0.2, 0.25) is 0 Å². The maximum absolute atomic E-state index is 13.0. The van der Waals surface area contributed by atoms with Gasteiger partial charge in [-0.25, -0.2) is 4.98 Å². The first-order valence-electron chi connectivity index (χ1n) is 8.12. The zero-order valence-corrected chi connectivity index (χ0v) is 14.3. The molecule has 0 saturated carbocycles. The smallest absolute Gasteiger partial charge is 0.278 e. The third-order valence-corrected chi connectivity index (χ3v) is 5.24. The molecule has 4 rings (SSSR count). The highest BCUT2D eigenvalue weighted by Crippen LogP contribution is 2.33. The Labute approximate surface area is 145 Å². The van der Waals surface area contributed by atoms with Gasteiger partial charge in [-0.2, -0.15) is 0 Å². The number of fused-ring (bicyclic) bond motifs is 1. The van der Waals surface area contributed by atoms with Crippen molar-refractivity contribution in [2.75, 3.05) is 4.90 Å². The number of carbonyl (C=O) groups is 1. The number of benzene rings is 2. The summed E-state index contributed by atoms with van der Waals surface area (Å²) in [6, 6.07) is 18.5. The van der Waals surface area contributed by atoms with E-state index in [9.17, 15) is 4.79 Å². The number of hydrogen-bond donors (Lipinski definition) is 0. The van der Waals surface area contributed by atoms with Crippen LogP contribution in [0.4, 0.5) is 5.69 Å². The molecule has 2 heterocycles. The highest BCUT2D eigenvalue weighted by atomic mass is 32.1. The molecule has 1 atom stereocenters. The molecule has 0 radical (unpaired) electrons. The molecule has 0 spiro atoms. The molecule has 24 heavy (non-hydrogen) atoms. The van der Waals surface area contributed by atoms with E-state index in [1.807, 2.05) is 46.7 Å². The van der Waals surface area contributed by atoms with Gasteiger partial charge in [-0.1, -0.05) is 48.5 Å². The van der Waals surface area contributed by atoms with E-state index in [4.69, 9.17) is 0 Å². The lowest BCUT2D eigenvalue weighted by Crippen LogP contribution is -2.35. The average Bonchev–Trinajstić information content (AvgIpc) is 3.19. The second-order valence-corrected chi connectivity index (χ2v) is 7.09. The lowest BCUT2D eigenvalue weighted by molar-refractivity contribution is 0.0977. The minimum absolute atomic E-state index is 0.00279. The van der Waals surface area contributed by atoms with E-state index in [0.29, 0.717) is 5.69 Å². The van der Waals surface area contributed by atoms with Crippen LogP contribution < -0.4 is 4.90 Å². The van der Waals surface area contributed by atoms with Gasteiger partial charge in [0.25, 0.3) is 5.91 Å². The van der Waals surface area contributed by atoms with Crippen LogP contribution in [0.15, 0.2) is 60.0 Å². The molecule has 4 heteroatoms. The predicted molar refractivity (Wildman–Crippen MR) is 97.8 cm³/mol. The van der Waals surface area contributed by atoms with Gasteiger partial charge in [-0.05, 0) is 30.5 Å². The predicted octanol–water partition coefficient (Wildman–Crippen LogP) is 4.33. The first kappa shape index (κ1) is 15.1. The van der Waals surface area contributed by atoms with E-state index in [1.165, 1.54) is 11.1 Å². The molecule has 0 unspecified atom stereocenters. The molecule has 0 saturated heterocycles. The van der Waals surface area contributed by atoms with E-state index in [1.54, 1.807) is 11.3 Å². The lowest BCUT2D eigenvalue weighted by atomic mass is 10.1. The van der Waals surface area contributed by atoms with Crippen LogP contribution in [-0.2, 0) is 12.8 Å². The van der Waals surface area contributed by atoms with Gasteiger partial charge in [0.15, 0.2) is 0 Å². The van der Waals surface area contributed by atoms with Crippen LogP contribution in [0, 0.1) is 0 Å². The van der Waals surface area contributed by atoms with Crippen molar-refractivity contribution in [2.24, 2.45) is 0 Å². The lowest BCUT2D eigenvalue weighted by Gasteiger charge is -2.21. The number of amides is 1. The Bertz CT molecular complexity index is 872. The fraction of sp³-hybridized carbons (Fsp3) is 0.200. The minimum Gasteiger partial charge on any atom is -0.304 e. The van der Waals surface area contributed by atoms with Gasteiger partial charge in [0.1, 0.15) is 5.69 Å². The SMILES string of the molecule is C[C@H]1Cc2ccccc2N1C(=O)c1csc(Cc2ccccc2)n1. The third-order valence-electron chi connectivity index (χ3n) is 4.40. The van der Waals surface area contributed by atoms with Crippen LogP contribution in [0.3, 0.4) is 0 Å². The number of nitrogens with zero attached hydrogens (tertiary/aromatic N) is 2. The number of para-hydroxylation sites is 1. The number of hydrogen-bond acceptors (Lipinski definition) is 3. The van der Waals surface area contributed by atoms with E-state index < -0.39 is 0 Å². The first-order valence-corrected chi connectivity index (χ1v) is 9.00. The van der Waals surface area contributed by atoms with Crippen molar-refractivity contribution in [3.63, 3.8) is 0 Å². The molecule has 0 aliphatic carbocycles. The first-order chi connectivity index (χ1) is 11.7. The molecular weight excluding hydrogens is 316 g/mol. The summed E-state index contributed by atoms with van der Waals surface area (Å²) in [7, 11) is 0. The molecule has 1 aromatic heterocycles. The largest absolute Gasteiger partial charge is 0.304 e. The third kappa shape index (κ3) is 2.74. The fourth-order valence-electron chi connectivity index (χ4n) is 3.26. The molecule has 3 aromatic rings. The number of rotatable bonds is 3. The maximum Gasteiger partial charge on any atom is 0.278 e. The van der Waals surface area contributed by atoms with Crippen LogP contribution in [0.5, 0.6) is 0 Å². The van der Waals surface area contributed by atoms with Crippen molar-refractivity contribution < 1.29 is 4.79 Å². The maximum atomic E-state index is 13.0. The van der Waals surface area contributed by atoms with E-state index >= 15 is 0 Å². The molecule has 0 fully saturated rings. The van der Waals surface area contributed by atoms with Crippen molar-refractivity contribution in [1.82, 2.24) is 4.98 Å². The molecule has 3 nitrogen and oxygen atoms in total. The number of anilines is 1. The number of thiazole rings is 1. The average molecular weight is 334 g/mol.